The molecule has 1 amide bonds. The van der Waals surface area contributed by atoms with E-state index in [1.807, 2.05) is 13.0 Å². The summed E-state index contributed by atoms with van der Waals surface area (Å²) in [5.74, 6) is 1.99. The monoisotopic (exact) mass is 296 g/mol. The van der Waals surface area contributed by atoms with Gasteiger partial charge in [-0.05, 0) is 13.0 Å². The van der Waals surface area contributed by atoms with Crippen molar-refractivity contribution in [3.63, 3.8) is 0 Å². The summed E-state index contributed by atoms with van der Waals surface area (Å²) in [6, 6.07) is 3.62. The Balaban J connectivity index is 2.76. The van der Waals surface area contributed by atoms with Crippen molar-refractivity contribution in [2.24, 2.45) is 0 Å². The molecule has 0 spiro atoms. The molecule has 21 heavy (non-hydrogen) atoms. The number of hydrogen-bond acceptors (Lipinski definition) is 5. The Morgan fingerprint density at radius 3 is 2.19 bits per heavy atom. The van der Waals surface area contributed by atoms with Crippen molar-refractivity contribution in [1.29, 1.82) is 0 Å². The molecule has 0 unspecified atom stereocenters. The van der Waals surface area contributed by atoms with Crippen molar-refractivity contribution in [2.75, 3.05) is 41.5 Å². The second kappa shape index (κ2) is 8.36. The summed E-state index contributed by atoms with van der Waals surface area (Å²) < 4.78 is 15.9. The Morgan fingerprint density at radius 2 is 1.67 bits per heavy atom. The standard InChI is InChI=1S/C15H24N2O4/c1-6-17(2)15(18)10-16-9-11-7-13(20-4)14(21-5)8-12(11)19-3/h7-8,16H,6,9-10H2,1-5H3. The fraction of sp³-hybridized carbons (Fsp3) is 0.533. The molecule has 118 valence electrons. The van der Waals surface area contributed by atoms with Crippen molar-refractivity contribution in [1.82, 2.24) is 10.2 Å². The lowest BCUT2D eigenvalue weighted by atomic mass is 10.1. The first kappa shape index (κ1) is 17.1. The average Bonchev–Trinajstić information content (AvgIpc) is 2.53. The van der Waals surface area contributed by atoms with E-state index < -0.39 is 0 Å². The first-order valence-corrected chi connectivity index (χ1v) is 6.80. The molecule has 0 aromatic heterocycles. The van der Waals surface area contributed by atoms with Crippen molar-refractivity contribution >= 4 is 5.91 Å². The van der Waals surface area contributed by atoms with Crippen LogP contribution >= 0.6 is 0 Å². The second-order valence-electron chi connectivity index (χ2n) is 4.53. The van der Waals surface area contributed by atoms with E-state index in [0.717, 1.165) is 5.56 Å². The molecule has 0 aliphatic rings. The SMILES string of the molecule is CCN(C)C(=O)CNCc1cc(OC)c(OC)cc1OC. The molecule has 0 radical (unpaired) electrons. The maximum absolute atomic E-state index is 11.7. The number of methoxy groups -OCH3 is 3. The molecule has 0 saturated carbocycles. The fourth-order valence-corrected chi connectivity index (χ4v) is 1.85. The van der Waals surface area contributed by atoms with Crippen LogP contribution in [0.1, 0.15) is 12.5 Å². The highest BCUT2D eigenvalue weighted by Gasteiger charge is 2.12. The summed E-state index contributed by atoms with van der Waals surface area (Å²) in [6.45, 7) is 3.42. The van der Waals surface area contributed by atoms with Gasteiger partial charge in [-0.3, -0.25) is 4.79 Å². The molecule has 0 aliphatic carbocycles. The van der Waals surface area contributed by atoms with Gasteiger partial charge in [0.2, 0.25) is 5.91 Å². The van der Waals surface area contributed by atoms with Gasteiger partial charge in [0.05, 0.1) is 27.9 Å². The summed E-state index contributed by atoms with van der Waals surface area (Å²) >= 11 is 0. The van der Waals surface area contributed by atoms with E-state index in [-0.39, 0.29) is 12.5 Å². The van der Waals surface area contributed by atoms with Crippen LogP contribution in [0.4, 0.5) is 0 Å². The Labute approximate surface area is 126 Å². The highest BCUT2D eigenvalue weighted by atomic mass is 16.5. The van der Waals surface area contributed by atoms with Crippen LogP contribution in [-0.4, -0.2) is 52.3 Å². The molecule has 6 nitrogen and oxygen atoms in total. The molecule has 6 heteroatoms. The van der Waals surface area contributed by atoms with Gasteiger partial charge in [-0.1, -0.05) is 0 Å². The molecule has 0 heterocycles. The third kappa shape index (κ3) is 4.53. The minimum atomic E-state index is 0.0527. The lowest BCUT2D eigenvalue weighted by Crippen LogP contribution is -2.35. The van der Waals surface area contributed by atoms with Crippen LogP contribution in [0, 0.1) is 0 Å². The fourth-order valence-electron chi connectivity index (χ4n) is 1.85. The summed E-state index contributed by atoms with van der Waals surface area (Å²) in [6.07, 6.45) is 0. The van der Waals surface area contributed by atoms with Gasteiger partial charge in [-0.15, -0.1) is 0 Å². The summed E-state index contributed by atoms with van der Waals surface area (Å²) in [5.41, 5.74) is 0.905. The zero-order valence-corrected chi connectivity index (χ0v) is 13.4. The minimum absolute atomic E-state index is 0.0527. The number of nitrogens with one attached hydrogen (secondary N) is 1. The predicted molar refractivity (Wildman–Crippen MR) is 81.1 cm³/mol. The molecule has 0 bridgehead atoms. The topological polar surface area (TPSA) is 60.0 Å². The molecule has 0 fully saturated rings. The van der Waals surface area contributed by atoms with Crippen LogP contribution in [-0.2, 0) is 11.3 Å². The molecule has 1 aromatic rings. The minimum Gasteiger partial charge on any atom is -0.496 e. The summed E-state index contributed by atoms with van der Waals surface area (Å²) in [5, 5.41) is 3.11. The molecule has 1 rings (SSSR count). The third-order valence-corrected chi connectivity index (χ3v) is 3.28. The molecule has 1 aromatic carbocycles. The number of ether oxygens (including phenoxy) is 3. The number of hydrogen-bond donors (Lipinski definition) is 1. The Kier molecular flexibility index (Phi) is 6.81. The molecule has 0 saturated heterocycles. The highest BCUT2D eigenvalue weighted by Crippen LogP contribution is 2.34. The number of carbonyl (C=O) groups excluding carboxylic acids is 1. The predicted octanol–water partition coefficient (Wildman–Crippen LogP) is 1.28. The van der Waals surface area contributed by atoms with E-state index in [4.69, 9.17) is 14.2 Å². The van der Waals surface area contributed by atoms with E-state index >= 15 is 0 Å². The number of benzene rings is 1. The molecule has 1 N–H and O–H groups in total. The lowest BCUT2D eigenvalue weighted by Gasteiger charge is -2.16. The first-order chi connectivity index (χ1) is 10.1. The summed E-state index contributed by atoms with van der Waals surface area (Å²) in [4.78, 5) is 13.4. The zero-order chi connectivity index (χ0) is 15.8. The smallest absolute Gasteiger partial charge is 0.236 e. The number of nitrogens with zero attached hydrogens (tertiary/aromatic N) is 1. The average molecular weight is 296 g/mol. The second-order valence-corrected chi connectivity index (χ2v) is 4.53. The molecular formula is C15H24N2O4. The van der Waals surface area contributed by atoms with Crippen LogP contribution in [0.3, 0.4) is 0 Å². The number of rotatable bonds is 8. The summed E-state index contributed by atoms with van der Waals surface area (Å²) in [7, 11) is 6.54. The van der Waals surface area contributed by atoms with Gasteiger partial charge in [0.1, 0.15) is 5.75 Å². The van der Waals surface area contributed by atoms with Crippen LogP contribution in [0.5, 0.6) is 17.2 Å². The van der Waals surface area contributed by atoms with Gasteiger partial charge in [0.25, 0.3) is 0 Å². The van der Waals surface area contributed by atoms with Crippen molar-refractivity contribution < 1.29 is 19.0 Å². The van der Waals surface area contributed by atoms with Crippen molar-refractivity contribution in [2.45, 2.75) is 13.5 Å². The van der Waals surface area contributed by atoms with Crippen LogP contribution in [0.2, 0.25) is 0 Å². The van der Waals surface area contributed by atoms with E-state index in [1.54, 1.807) is 39.3 Å². The van der Waals surface area contributed by atoms with E-state index in [2.05, 4.69) is 5.32 Å². The lowest BCUT2D eigenvalue weighted by molar-refractivity contribution is -0.128. The van der Waals surface area contributed by atoms with E-state index in [9.17, 15) is 4.79 Å². The van der Waals surface area contributed by atoms with Crippen LogP contribution in [0.25, 0.3) is 0 Å². The van der Waals surface area contributed by atoms with Gasteiger partial charge in [-0.2, -0.15) is 0 Å². The normalized spacial score (nSPS) is 10.1. The van der Waals surface area contributed by atoms with Crippen molar-refractivity contribution in [3.8, 4) is 17.2 Å². The Bertz CT molecular complexity index is 477. The largest absolute Gasteiger partial charge is 0.496 e. The van der Waals surface area contributed by atoms with Gasteiger partial charge >= 0.3 is 0 Å². The highest BCUT2D eigenvalue weighted by molar-refractivity contribution is 5.77. The number of amides is 1. The van der Waals surface area contributed by atoms with Gasteiger partial charge < -0.3 is 24.4 Å². The van der Waals surface area contributed by atoms with Crippen molar-refractivity contribution in [3.05, 3.63) is 17.7 Å². The van der Waals surface area contributed by atoms with Crippen LogP contribution in [0.15, 0.2) is 12.1 Å². The van der Waals surface area contributed by atoms with Gasteiger partial charge in [0, 0.05) is 31.8 Å². The van der Waals surface area contributed by atoms with Crippen LogP contribution < -0.4 is 19.5 Å². The molecular weight excluding hydrogens is 272 g/mol. The van der Waals surface area contributed by atoms with E-state index in [0.29, 0.717) is 30.3 Å². The van der Waals surface area contributed by atoms with Gasteiger partial charge in [0.15, 0.2) is 11.5 Å². The quantitative estimate of drug-likeness (QED) is 0.783. The maximum atomic E-state index is 11.7. The van der Waals surface area contributed by atoms with Gasteiger partial charge in [-0.25, -0.2) is 0 Å². The molecule has 0 aliphatic heterocycles. The number of likely N-dealkylation sites (N-methyl/N-ethyl adjacent to an activating group) is 1. The molecule has 0 atom stereocenters. The van der Waals surface area contributed by atoms with E-state index in [1.165, 1.54) is 0 Å². The Morgan fingerprint density at radius 1 is 1.10 bits per heavy atom. The Hall–Kier alpha value is -1.95. The maximum Gasteiger partial charge on any atom is 0.236 e. The number of carbonyl (C=O) groups is 1. The first-order valence-electron chi connectivity index (χ1n) is 6.80. The zero-order valence-electron chi connectivity index (χ0n) is 13.4. The third-order valence-electron chi connectivity index (χ3n) is 3.28.